The fourth-order valence-electron chi connectivity index (χ4n) is 9.74. The van der Waals surface area contributed by atoms with Gasteiger partial charge in [-0.25, -0.2) is 0 Å². The molecule has 9 N–H and O–H groups in total. The van der Waals surface area contributed by atoms with E-state index in [1.807, 2.05) is 39.7 Å². The molecule has 0 aliphatic carbocycles. The van der Waals surface area contributed by atoms with Crippen LogP contribution in [0.25, 0.3) is 43.4 Å². The summed E-state index contributed by atoms with van der Waals surface area (Å²) in [5, 5.41) is 24.3. The van der Waals surface area contributed by atoms with Crippen LogP contribution in [0.3, 0.4) is 0 Å². The summed E-state index contributed by atoms with van der Waals surface area (Å²) < 4.78 is 27.0. The van der Waals surface area contributed by atoms with Crippen LogP contribution in [0.15, 0.2) is 134 Å². The molecule has 18 nitrogen and oxygen atoms in total. The minimum absolute atomic E-state index is 0.125. The quantitative estimate of drug-likeness (QED) is 0.0287. The number of nitrogens with two attached hydrogens (primary N) is 4. The number of likely N-dealkylation sites (tertiary alicyclic amines) is 1. The Balaban J connectivity index is 0.000000206. The molecular formula is C62H66ClN9O9. The summed E-state index contributed by atoms with van der Waals surface area (Å²) in [6.07, 6.45) is 11.8. The fourth-order valence-corrected chi connectivity index (χ4v) is 9.92. The Labute approximate surface area is 474 Å². The van der Waals surface area contributed by atoms with Crippen molar-refractivity contribution in [2.75, 3.05) is 65.7 Å². The first kappa shape index (κ1) is 58.3. The van der Waals surface area contributed by atoms with Crippen molar-refractivity contribution in [3.8, 4) is 29.1 Å². The number of halogens is 1. The minimum atomic E-state index is -0.700. The molecule has 19 heteroatoms. The van der Waals surface area contributed by atoms with Crippen LogP contribution in [0.2, 0.25) is 5.02 Å². The number of ether oxygens (including phenoxy) is 4. The lowest BCUT2D eigenvalue weighted by Crippen LogP contribution is -2.38. The van der Waals surface area contributed by atoms with Gasteiger partial charge >= 0.3 is 0 Å². The van der Waals surface area contributed by atoms with Crippen LogP contribution in [0, 0.1) is 11.3 Å². The van der Waals surface area contributed by atoms with Gasteiger partial charge in [0.15, 0.2) is 19.1 Å². The number of phenols is 1. The Morgan fingerprint density at radius 2 is 1.19 bits per heavy atom. The first-order valence-corrected chi connectivity index (χ1v) is 27.2. The minimum Gasteiger partial charge on any atom is -0.508 e. The number of nitriles is 1. The third kappa shape index (κ3) is 14.7. The molecule has 2 aliphatic rings. The summed E-state index contributed by atoms with van der Waals surface area (Å²) in [5.74, 6) is -0.585. The number of hydrogen-bond donors (Lipinski definition) is 5. The Morgan fingerprint density at radius 1 is 0.654 bits per heavy atom. The van der Waals surface area contributed by atoms with E-state index in [0.29, 0.717) is 59.2 Å². The third-order valence-electron chi connectivity index (χ3n) is 13.8. The first-order chi connectivity index (χ1) is 39.2. The first-order valence-electron chi connectivity index (χ1n) is 26.8. The van der Waals surface area contributed by atoms with E-state index in [-0.39, 0.29) is 59.0 Å². The zero-order valence-electron chi connectivity index (χ0n) is 45.4. The number of carbonyl (C=O) groups is 4. The van der Waals surface area contributed by atoms with Gasteiger partial charge in [0.2, 0.25) is 11.6 Å². The Morgan fingerprint density at radius 3 is 1.74 bits per heavy atom. The highest BCUT2D eigenvalue weighted by molar-refractivity contribution is 6.31. The maximum Gasteiger partial charge on any atom is 0.252 e. The number of hydrogen-bond acceptors (Lipinski definition) is 14. The molecule has 2 saturated heterocycles. The molecule has 420 valence electrons. The zero-order chi connectivity index (χ0) is 57.6. The Hall–Kier alpha value is -8.86. The van der Waals surface area contributed by atoms with Crippen molar-refractivity contribution in [1.29, 1.82) is 5.26 Å². The van der Waals surface area contributed by atoms with Crippen molar-refractivity contribution in [1.82, 2.24) is 18.9 Å². The van der Waals surface area contributed by atoms with E-state index in [1.54, 1.807) is 91.0 Å². The molecule has 0 saturated carbocycles. The van der Waals surface area contributed by atoms with Crippen molar-refractivity contribution < 1.29 is 43.2 Å². The van der Waals surface area contributed by atoms with Gasteiger partial charge in [-0.15, -0.1) is 0 Å². The fraction of sp³-hybridized carbons (Fsp3) is 0.274. The van der Waals surface area contributed by atoms with E-state index in [0.717, 1.165) is 77.2 Å². The van der Waals surface area contributed by atoms with Gasteiger partial charge in [-0.3, -0.25) is 24.1 Å². The molecule has 6 aromatic carbocycles. The topological polar surface area (TPSA) is 270 Å². The van der Waals surface area contributed by atoms with Crippen LogP contribution in [0.4, 0.5) is 0 Å². The summed E-state index contributed by atoms with van der Waals surface area (Å²) in [7, 11) is 0. The number of rotatable bonds is 19. The predicted octanol–water partition coefficient (Wildman–Crippen LogP) is 9.04. The average molecular weight is 1120 g/mol. The van der Waals surface area contributed by atoms with Gasteiger partial charge in [-0.1, -0.05) is 44.0 Å². The summed E-state index contributed by atoms with van der Waals surface area (Å²) in [6, 6.07) is 29.4. The molecule has 2 aliphatic heterocycles. The van der Waals surface area contributed by atoms with E-state index < -0.39 is 11.8 Å². The maximum absolute atomic E-state index is 13.6. The van der Waals surface area contributed by atoms with Crippen molar-refractivity contribution in [3.63, 3.8) is 0 Å². The number of nitrogens with zero attached hydrogens (tertiary/aromatic N) is 5. The average Bonchev–Trinajstić information content (AvgIpc) is 4.38. The molecule has 0 unspecified atom stereocenters. The van der Waals surface area contributed by atoms with Crippen LogP contribution < -0.4 is 37.1 Å². The monoisotopic (exact) mass is 1120 g/mol. The van der Waals surface area contributed by atoms with Crippen molar-refractivity contribution in [3.05, 3.63) is 167 Å². The molecule has 10 rings (SSSR count). The SMILES string of the molecule is CCC.N#Cc1ccc2cc(OCC(=O)c3cn(CCN4CCOCC4)c4cc(O/C(N)=C/C=C\N)ccc34)c(C(N)=O)cc2c1.NC(=O)c1cc2cc(Cl)ccc2cc1OCC(=O)c1cn(CCN2CCCC2)c2cc(O)ccc12. The number of ketones is 2. The van der Waals surface area contributed by atoms with Crippen LogP contribution in [-0.4, -0.2) is 113 Å². The number of aromatic hydroxyl groups is 1. The number of allylic oxidation sites excluding steroid dienone is 2. The van der Waals surface area contributed by atoms with Crippen molar-refractivity contribution >= 4 is 78.3 Å². The lowest BCUT2D eigenvalue weighted by molar-refractivity contribution is 0.0365. The highest BCUT2D eigenvalue weighted by Crippen LogP contribution is 2.32. The van der Waals surface area contributed by atoms with Crippen LogP contribution >= 0.6 is 11.6 Å². The number of primary amides is 2. The lowest BCUT2D eigenvalue weighted by Gasteiger charge is -2.26. The van der Waals surface area contributed by atoms with Gasteiger partial charge in [0.05, 0.1) is 47.0 Å². The van der Waals surface area contributed by atoms with Crippen LogP contribution in [0.5, 0.6) is 23.0 Å². The molecule has 2 amide bonds. The van der Waals surface area contributed by atoms with Crippen LogP contribution in [0.1, 0.15) is 80.1 Å². The molecule has 0 spiro atoms. The molecule has 2 aromatic heterocycles. The molecule has 4 heterocycles. The summed E-state index contributed by atoms with van der Waals surface area (Å²) in [4.78, 5) is 55.8. The number of benzene rings is 6. The van der Waals surface area contributed by atoms with Gasteiger partial charge in [-0.2, -0.15) is 5.26 Å². The second-order valence-corrected chi connectivity index (χ2v) is 20.1. The van der Waals surface area contributed by atoms with Gasteiger partial charge in [0, 0.05) is 90.7 Å². The molecule has 0 radical (unpaired) electrons. The number of phenolic OH excluding ortho intramolecular Hbond substituents is 1. The van der Waals surface area contributed by atoms with Crippen molar-refractivity contribution in [2.24, 2.45) is 22.9 Å². The molecule has 0 bridgehead atoms. The highest BCUT2D eigenvalue weighted by atomic mass is 35.5. The van der Waals surface area contributed by atoms with E-state index >= 15 is 0 Å². The normalized spacial score (nSPS) is 13.9. The Kier molecular flexibility index (Phi) is 19.7. The number of fused-ring (bicyclic) bond motifs is 4. The molecule has 2 fully saturated rings. The summed E-state index contributed by atoms with van der Waals surface area (Å²) >= 11 is 6.07. The van der Waals surface area contributed by atoms with E-state index in [4.69, 9.17) is 53.5 Å². The molecule has 0 atom stereocenters. The van der Waals surface area contributed by atoms with Gasteiger partial charge < -0.3 is 61.0 Å². The van der Waals surface area contributed by atoms with Gasteiger partial charge in [0.1, 0.15) is 23.0 Å². The summed E-state index contributed by atoms with van der Waals surface area (Å²) in [5.41, 5.74) is 25.9. The largest absolute Gasteiger partial charge is 0.508 e. The standard InChI is InChI=1S/C32H32N6O5.C27H26ClN3O4.C3H8/c33-7-1-2-31(35)43-24-5-6-25-27(19-38(28(25)17-24)9-8-37-10-12-41-13-11-37)29(39)20-42-30-16-22-4-3-21(18-34)14-23(22)15-26(30)32(36)40;28-19-4-3-17-13-26(22(27(29)34)12-18(17)11-19)35-16-25(33)23-15-31(10-9-30-7-1-2-8-30)24-14-20(32)5-6-21(23)24;1-3-2/h1-7,14-17,19H,8-13,20,33,35H2,(H2,36,40);3-6,11-15,32H,1-2,7-10,16H2,(H2,29,34);3H2,1-2H3/b7-1-,31-2+;;. The van der Waals surface area contributed by atoms with Gasteiger partial charge in [-0.05, 0) is 139 Å². The smallest absolute Gasteiger partial charge is 0.252 e. The summed E-state index contributed by atoms with van der Waals surface area (Å²) in [6.45, 7) is 11.9. The number of amides is 2. The third-order valence-corrected chi connectivity index (χ3v) is 14.0. The maximum atomic E-state index is 13.6. The van der Waals surface area contributed by atoms with E-state index in [2.05, 4.69) is 29.7 Å². The van der Waals surface area contributed by atoms with Gasteiger partial charge in [0.25, 0.3) is 11.8 Å². The molecule has 81 heavy (non-hydrogen) atoms. The number of aromatic nitrogens is 2. The molecular weight excluding hydrogens is 1050 g/mol. The number of carbonyl (C=O) groups excluding carboxylic acids is 4. The Bertz CT molecular complexity index is 3720. The highest BCUT2D eigenvalue weighted by Gasteiger charge is 2.22. The van der Waals surface area contributed by atoms with Crippen LogP contribution in [-0.2, 0) is 17.8 Å². The second kappa shape index (κ2) is 27.3. The van der Waals surface area contributed by atoms with Crippen molar-refractivity contribution in [2.45, 2.75) is 46.2 Å². The number of morpholine rings is 1. The second-order valence-electron chi connectivity index (χ2n) is 19.6. The predicted molar refractivity (Wildman–Crippen MR) is 315 cm³/mol. The lowest BCUT2D eigenvalue weighted by atomic mass is 10.0. The molecule has 8 aromatic rings. The van der Waals surface area contributed by atoms with E-state index in [1.165, 1.54) is 25.5 Å². The van der Waals surface area contributed by atoms with E-state index in [9.17, 15) is 29.5 Å². The zero-order valence-corrected chi connectivity index (χ0v) is 46.1. The number of Topliss-reactive ketones (excluding diaryl/α,β-unsaturated/α-hetero) is 2.